The molecule has 1 aliphatic heterocycles. The number of anilines is 2. The van der Waals surface area contributed by atoms with Gasteiger partial charge in [0.05, 0.1) is 11.3 Å². The summed E-state index contributed by atoms with van der Waals surface area (Å²) in [5, 5.41) is 5.37. The molecule has 0 aromatic heterocycles. The number of carbonyl (C=O) groups excluding carboxylic acids is 3. The lowest BCUT2D eigenvalue weighted by Crippen LogP contribution is -2.30. The highest BCUT2D eigenvalue weighted by atomic mass is 16.5. The molecule has 0 atom stereocenters. The van der Waals surface area contributed by atoms with Gasteiger partial charge in [-0.05, 0) is 30.7 Å². The van der Waals surface area contributed by atoms with E-state index in [0.717, 1.165) is 12.1 Å². The SMILES string of the molecule is NCCNC(=O)c1ccccc1NC(=O)COc1cccc(N2CCCC2=O)c1. The van der Waals surface area contributed by atoms with E-state index in [1.54, 1.807) is 47.4 Å². The first-order chi connectivity index (χ1) is 14.1. The van der Waals surface area contributed by atoms with Gasteiger partial charge in [-0.15, -0.1) is 0 Å². The standard InChI is InChI=1S/C21H24N4O4/c22-10-11-23-21(28)17-7-1-2-8-18(17)24-19(26)14-29-16-6-3-5-15(13-16)25-12-4-9-20(25)27/h1-3,5-8,13H,4,9-12,14,22H2,(H,23,28)(H,24,26). The van der Waals surface area contributed by atoms with Crippen LogP contribution in [0.25, 0.3) is 0 Å². The number of benzene rings is 2. The Hall–Kier alpha value is -3.39. The van der Waals surface area contributed by atoms with E-state index in [1.807, 2.05) is 6.07 Å². The molecule has 0 unspecified atom stereocenters. The first-order valence-electron chi connectivity index (χ1n) is 9.49. The van der Waals surface area contributed by atoms with Crippen molar-refractivity contribution in [3.8, 4) is 5.75 Å². The summed E-state index contributed by atoms with van der Waals surface area (Å²) in [6.07, 6.45) is 1.39. The van der Waals surface area contributed by atoms with Crippen LogP contribution in [0.3, 0.4) is 0 Å². The van der Waals surface area contributed by atoms with Gasteiger partial charge in [0, 0.05) is 37.8 Å². The number of hydrogen-bond acceptors (Lipinski definition) is 5. The second-order valence-electron chi connectivity index (χ2n) is 6.57. The molecule has 0 aliphatic carbocycles. The van der Waals surface area contributed by atoms with Crippen molar-refractivity contribution < 1.29 is 19.1 Å². The predicted molar refractivity (Wildman–Crippen MR) is 110 cm³/mol. The molecule has 1 fully saturated rings. The van der Waals surface area contributed by atoms with Crippen LogP contribution in [0.4, 0.5) is 11.4 Å². The number of nitrogens with one attached hydrogen (secondary N) is 2. The molecule has 3 amide bonds. The van der Waals surface area contributed by atoms with Crippen LogP contribution < -0.4 is 26.0 Å². The maximum Gasteiger partial charge on any atom is 0.262 e. The summed E-state index contributed by atoms with van der Waals surface area (Å²) in [5.74, 6) is -0.127. The molecule has 2 aromatic carbocycles. The molecule has 0 radical (unpaired) electrons. The van der Waals surface area contributed by atoms with Crippen LogP contribution >= 0.6 is 0 Å². The zero-order valence-electron chi connectivity index (χ0n) is 16.0. The molecule has 8 nitrogen and oxygen atoms in total. The van der Waals surface area contributed by atoms with E-state index in [4.69, 9.17) is 10.5 Å². The Morgan fingerprint density at radius 3 is 2.72 bits per heavy atom. The van der Waals surface area contributed by atoms with Gasteiger partial charge in [-0.3, -0.25) is 14.4 Å². The predicted octanol–water partition coefficient (Wildman–Crippen LogP) is 1.52. The molecular formula is C21H24N4O4. The van der Waals surface area contributed by atoms with Crippen LogP contribution in [0, 0.1) is 0 Å². The van der Waals surface area contributed by atoms with Gasteiger partial charge in [-0.2, -0.15) is 0 Å². The smallest absolute Gasteiger partial charge is 0.262 e. The monoisotopic (exact) mass is 396 g/mol. The van der Waals surface area contributed by atoms with Crippen molar-refractivity contribution in [2.75, 3.05) is 36.5 Å². The average molecular weight is 396 g/mol. The van der Waals surface area contributed by atoms with Crippen LogP contribution in [0.2, 0.25) is 0 Å². The zero-order chi connectivity index (χ0) is 20.6. The molecule has 1 heterocycles. The highest BCUT2D eigenvalue weighted by Gasteiger charge is 2.22. The minimum absolute atomic E-state index is 0.0874. The second-order valence-corrected chi connectivity index (χ2v) is 6.57. The molecule has 29 heavy (non-hydrogen) atoms. The topological polar surface area (TPSA) is 114 Å². The van der Waals surface area contributed by atoms with E-state index in [9.17, 15) is 14.4 Å². The van der Waals surface area contributed by atoms with E-state index in [-0.39, 0.29) is 18.4 Å². The molecule has 1 saturated heterocycles. The molecule has 8 heteroatoms. The lowest BCUT2D eigenvalue weighted by Gasteiger charge is -2.17. The molecule has 0 saturated carbocycles. The third-order valence-corrected chi connectivity index (χ3v) is 4.45. The van der Waals surface area contributed by atoms with Crippen molar-refractivity contribution in [1.29, 1.82) is 0 Å². The van der Waals surface area contributed by atoms with Crippen molar-refractivity contribution in [3.05, 3.63) is 54.1 Å². The minimum atomic E-state index is -0.397. The lowest BCUT2D eigenvalue weighted by atomic mass is 10.1. The number of nitrogens with zero attached hydrogens (tertiary/aromatic N) is 1. The van der Waals surface area contributed by atoms with Crippen molar-refractivity contribution >= 4 is 29.1 Å². The normalized spacial score (nSPS) is 13.3. The Labute approximate surface area is 169 Å². The van der Waals surface area contributed by atoms with Gasteiger partial charge in [-0.1, -0.05) is 18.2 Å². The van der Waals surface area contributed by atoms with Crippen molar-refractivity contribution in [2.24, 2.45) is 5.73 Å². The highest BCUT2D eigenvalue weighted by Crippen LogP contribution is 2.25. The van der Waals surface area contributed by atoms with E-state index in [0.29, 0.717) is 43.1 Å². The molecule has 0 bridgehead atoms. The van der Waals surface area contributed by atoms with E-state index in [1.165, 1.54) is 0 Å². The Kier molecular flexibility index (Phi) is 6.80. The van der Waals surface area contributed by atoms with Crippen LogP contribution in [0.15, 0.2) is 48.5 Å². The summed E-state index contributed by atoms with van der Waals surface area (Å²) < 4.78 is 5.57. The molecule has 152 valence electrons. The van der Waals surface area contributed by atoms with Gasteiger partial charge in [-0.25, -0.2) is 0 Å². The number of amides is 3. The van der Waals surface area contributed by atoms with Crippen LogP contribution in [-0.4, -0.2) is 44.0 Å². The summed E-state index contributed by atoms with van der Waals surface area (Å²) >= 11 is 0. The fourth-order valence-corrected chi connectivity index (χ4v) is 3.07. The van der Waals surface area contributed by atoms with Crippen molar-refractivity contribution in [3.63, 3.8) is 0 Å². The second kappa shape index (κ2) is 9.70. The Morgan fingerprint density at radius 2 is 1.97 bits per heavy atom. The molecule has 4 N–H and O–H groups in total. The molecule has 1 aliphatic rings. The third-order valence-electron chi connectivity index (χ3n) is 4.45. The Morgan fingerprint density at radius 1 is 1.14 bits per heavy atom. The third kappa shape index (κ3) is 5.32. The fraction of sp³-hybridized carbons (Fsp3) is 0.286. The van der Waals surface area contributed by atoms with Crippen molar-refractivity contribution in [2.45, 2.75) is 12.8 Å². The van der Waals surface area contributed by atoms with Crippen LogP contribution in [0.5, 0.6) is 5.75 Å². The number of nitrogens with two attached hydrogens (primary N) is 1. The summed E-state index contributed by atoms with van der Waals surface area (Å²) in [6, 6.07) is 13.8. The molecule has 3 rings (SSSR count). The molecule has 0 spiro atoms. The van der Waals surface area contributed by atoms with Gasteiger partial charge in [0.2, 0.25) is 5.91 Å². The van der Waals surface area contributed by atoms with Gasteiger partial charge < -0.3 is 26.0 Å². The quantitative estimate of drug-likeness (QED) is 0.626. The van der Waals surface area contributed by atoms with E-state index >= 15 is 0 Å². The maximum absolute atomic E-state index is 12.3. The molecule has 2 aromatic rings. The number of ether oxygens (including phenoxy) is 1. The van der Waals surface area contributed by atoms with Crippen molar-refractivity contribution in [1.82, 2.24) is 5.32 Å². The highest BCUT2D eigenvalue weighted by molar-refractivity contribution is 6.04. The van der Waals surface area contributed by atoms with Gasteiger partial charge in [0.1, 0.15) is 5.75 Å². The number of hydrogen-bond donors (Lipinski definition) is 3. The fourth-order valence-electron chi connectivity index (χ4n) is 3.07. The largest absolute Gasteiger partial charge is 0.484 e. The first-order valence-corrected chi connectivity index (χ1v) is 9.49. The first kappa shape index (κ1) is 20.3. The Bertz CT molecular complexity index is 900. The number of carbonyl (C=O) groups is 3. The van der Waals surface area contributed by atoms with Gasteiger partial charge >= 0.3 is 0 Å². The Balaban J connectivity index is 1.60. The summed E-state index contributed by atoms with van der Waals surface area (Å²) in [4.78, 5) is 38.1. The zero-order valence-corrected chi connectivity index (χ0v) is 16.0. The maximum atomic E-state index is 12.3. The number of rotatable bonds is 8. The summed E-state index contributed by atoms with van der Waals surface area (Å²) in [5.41, 5.74) is 6.91. The minimum Gasteiger partial charge on any atom is -0.484 e. The molecular weight excluding hydrogens is 372 g/mol. The van der Waals surface area contributed by atoms with Crippen LogP contribution in [-0.2, 0) is 9.59 Å². The number of para-hydroxylation sites is 1. The lowest BCUT2D eigenvalue weighted by molar-refractivity contribution is -0.118. The van der Waals surface area contributed by atoms with Gasteiger partial charge in [0.15, 0.2) is 6.61 Å². The van der Waals surface area contributed by atoms with Gasteiger partial charge in [0.25, 0.3) is 11.8 Å². The van der Waals surface area contributed by atoms with E-state index < -0.39 is 5.91 Å². The summed E-state index contributed by atoms with van der Waals surface area (Å²) in [6.45, 7) is 1.14. The van der Waals surface area contributed by atoms with E-state index in [2.05, 4.69) is 10.6 Å². The average Bonchev–Trinajstić information content (AvgIpc) is 3.17. The van der Waals surface area contributed by atoms with Crippen LogP contribution in [0.1, 0.15) is 23.2 Å². The summed E-state index contributed by atoms with van der Waals surface area (Å²) in [7, 11) is 0.